The first-order valence-electron chi connectivity index (χ1n) is 9.09. The summed E-state index contributed by atoms with van der Waals surface area (Å²) in [6, 6.07) is 8.63. The normalized spacial score (nSPS) is 12.9. The molecule has 1 aromatic carbocycles. The van der Waals surface area contributed by atoms with Crippen LogP contribution in [0.25, 0.3) is 11.1 Å². The first-order valence-corrected chi connectivity index (χ1v) is 9.09. The van der Waals surface area contributed by atoms with Crippen molar-refractivity contribution in [1.82, 2.24) is 4.98 Å². The molecule has 0 amide bonds. The van der Waals surface area contributed by atoms with Gasteiger partial charge in [-0.2, -0.15) is 0 Å². The molecular weight excluding hydrogens is 294 g/mol. The maximum Gasteiger partial charge on any atom is 0.0785 e. The second-order valence-electron chi connectivity index (χ2n) is 7.35. The summed E-state index contributed by atoms with van der Waals surface area (Å²) >= 11 is 0. The molecule has 0 saturated carbocycles. The number of pyridine rings is 1. The number of rotatable bonds is 5. The molecule has 0 saturated heterocycles. The molecule has 1 atom stereocenters. The summed E-state index contributed by atoms with van der Waals surface area (Å²) in [5.74, 6) is 0.645. The fourth-order valence-corrected chi connectivity index (χ4v) is 3.42. The second kappa shape index (κ2) is 7.48. The molecule has 1 N–H and O–H groups in total. The number of hydrogen-bond acceptors (Lipinski definition) is 2. The highest BCUT2D eigenvalue weighted by Gasteiger charge is 2.25. The summed E-state index contributed by atoms with van der Waals surface area (Å²) in [6.45, 7) is 14.9. The minimum absolute atomic E-state index is 0.280. The molecule has 1 unspecified atom stereocenters. The van der Waals surface area contributed by atoms with Crippen LogP contribution in [0, 0.1) is 6.92 Å². The molecule has 0 radical (unpaired) electrons. The highest BCUT2D eigenvalue weighted by Crippen LogP contribution is 2.39. The van der Waals surface area contributed by atoms with Crippen molar-refractivity contribution in [2.75, 3.05) is 0 Å². The van der Waals surface area contributed by atoms with Gasteiger partial charge < -0.3 is 5.11 Å². The quantitative estimate of drug-likeness (QED) is 0.740. The van der Waals surface area contributed by atoms with Crippen LogP contribution in [0.1, 0.15) is 87.6 Å². The summed E-state index contributed by atoms with van der Waals surface area (Å²) < 4.78 is 0. The Morgan fingerprint density at radius 3 is 1.88 bits per heavy atom. The van der Waals surface area contributed by atoms with Gasteiger partial charge in [0.1, 0.15) is 0 Å². The van der Waals surface area contributed by atoms with Crippen molar-refractivity contribution in [3.63, 3.8) is 0 Å². The fourth-order valence-electron chi connectivity index (χ4n) is 3.42. The van der Waals surface area contributed by atoms with Crippen molar-refractivity contribution in [3.8, 4) is 11.1 Å². The highest BCUT2D eigenvalue weighted by molar-refractivity contribution is 5.74. The summed E-state index contributed by atoms with van der Waals surface area (Å²) in [4.78, 5) is 5.01. The standard InChI is InChI=1S/C22H31NO/c1-8-18-20(17-11-9-15(6)10-12-17)19(16(7)24)22(14(4)5)23-21(18)13(2)3/h9-14,16,24H,8H2,1-7H3. The molecule has 1 aromatic heterocycles. The summed E-state index contributed by atoms with van der Waals surface area (Å²) in [5, 5.41) is 10.6. The molecule has 130 valence electrons. The Kier molecular flexibility index (Phi) is 5.82. The lowest BCUT2D eigenvalue weighted by Gasteiger charge is -2.25. The van der Waals surface area contributed by atoms with E-state index < -0.39 is 6.10 Å². The fraction of sp³-hybridized carbons (Fsp3) is 0.500. The van der Waals surface area contributed by atoms with Crippen LogP contribution in [-0.2, 0) is 6.42 Å². The lowest BCUT2D eigenvalue weighted by molar-refractivity contribution is 0.197. The molecule has 0 fully saturated rings. The van der Waals surface area contributed by atoms with E-state index >= 15 is 0 Å². The zero-order chi connectivity index (χ0) is 18.0. The number of nitrogens with zero attached hydrogens (tertiary/aromatic N) is 1. The Hall–Kier alpha value is -1.67. The highest BCUT2D eigenvalue weighted by atomic mass is 16.3. The Morgan fingerprint density at radius 1 is 0.917 bits per heavy atom. The predicted octanol–water partition coefficient (Wildman–Crippen LogP) is 5.92. The van der Waals surface area contributed by atoms with Crippen molar-refractivity contribution in [2.45, 2.75) is 72.8 Å². The van der Waals surface area contributed by atoms with Crippen LogP contribution >= 0.6 is 0 Å². The van der Waals surface area contributed by atoms with Crippen molar-refractivity contribution < 1.29 is 5.11 Å². The molecular formula is C22H31NO. The summed E-state index contributed by atoms with van der Waals surface area (Å²) in [5.41, 5.74) is 8.08. The molecule has 2 heteroatoms. The van der Waals surface area contributed by atoms with Crippen LogP contribution in [0.15, 0.2) is 24.3 Å². The van der Waals surface area contributed by atoms with Gasteiger partial charge in [-0.25, -0.2) is 0 Å². The van der Waals surface area contributed by atoms with E-state index in [1.165, 1.54) is 27.9 Å². The van der Waals surface area contributed by atoms with Crippen LogP contribution in [0.2, 0.25) is 0 Å². The van der Waals surface area contributed by atoms with Crippen molar-refractivity contribution in [2.24, 2.45) is 0 Å². The van der Waals surface area contributed by atoms with Gasteiger partial charge in [-0.05, 0) is 48.8 Å². The average Bonchev–Trinajstić information content (AvgIpc) is 2.53. The number of aliphatic hydroxyl groups is 1. The van der Waals surface area contributed by atoms with Gasteiger partial charge in [-0.15, -0.1) is 0 Å². The monoisotopic (exact) mass is 325 g/mol. The van der Waals surface area contributed by atoms with Crippen LogP contribution in [0.4, 0.5) is 0 Å². The molecule has 0 aliphatic rings. The minimum atomic E-state index is -0.530. The number of aliphatic hydroxyl groups excluding tert-OH is 1. The van der Waals surface area contributed by atoms with Gasteiger partial charge in [-0.1, -0.05) is 64.4 Å². The first kappa shape index (κ1) is 18.7. The molecule has 0 aliphatic heterocycles. The number of benzene rings is 1. The maximum atomic E-state index is 10.6. The molecule has 0 aliphatic carbocycles. The summed E-state index contributed by atoms with van der Waals surface area (Å²) in [6.07, 6.45) is 0.389. The van der Waals surface area contributed by atoms with Crippen molar-refractivity contribution in [1.29, 1.82) is 0 Å². The van der Waals surface area contributed by atoms with Gasteiger partial charge in [0.2, 0.25) is 0 Å². The number of aryl methyl sites for hydroxylation is 1. The smallest absolute Gasteiger partial charge is 0.0785 e. The molecule has 0 spiro atoms. The zero-order valence-corrected chi connectivity index (χ0v) is 16.1. The maximum absolute atomic E-state index is 10.6. The Bertz CT molecular complexity index is 697. The van der Waals surface area contributed by atoms with E-state index in [4.69, 9.17) is 4.98 Å². The Balaban J connectivity index is 2.92. The second-order valence-corrected chi connectivity index (χ2v) is 7.35. The molecule has 2 aromatic rings. The lowest BCUT2D eigenvalue weighted by atomic mass is 9.84. The largest absolute Gasteiger partial charge is 0.389 e. The minimum Gasteiger partial charge on any atom is -0.389 e. The van der Waals surface area contributed by atoms with Crippen LogP contribution in [0.5, 0.6) is 0 Å². The van der Waals surface area contributed by atoms with Gasteiger partial charge in [0, 0.05) is 17.0 Å². The Labute approximate surface area is 147 Å². The average molecular weight is 325 g/mol. The van der Waals surface area contributed by atoms with E-state index in [9.17, 15) is 5.11 Å². The van der Waals surface area contributed by atoms with Crippen LogP contribution in [-0.4, -0.2) is 10.1 Å². The molecule has 24 heavy (non-hydrogen) atoms. The topological polar surface area (TPSA) is 33.1 Å². The van der Waals surface area contributed by atoms with Gasteiger partial charge in [0.05, 0.1) is 6.10 Å². The predicted molar refractivity (Wildman–Crippen MR) is 103 cm³/mol. The number of aromatic nitrogens is 1. The third-order valence-corrected chi connectivity index (χ3v) is 4.60. The molecule has 2 rings (SSSR count). The first-order chi connectivity index (χ1) is 11.3. The zero-order valence-electron chi connectivity index (χ0n) is 16.1. The van der Waals surface area contributed by atoms with E-state index in [0.717, 1.165) is 17.7 Å². The lowest BCUT2D eigenvalue weighted by Crippen LogP contribution is -2.13. The van der Waals surface area contributed by atoms with Gasteiger partial charge >= 0.3 is 0 Å². The molecule has 0 bridgehead atoms. The van der Waals surface area contributed by atoms with E-state index in [1.807, 2.05) is 6.92 Å². The van der Waals surface area contributed by atoms with Crippen molar-refractivity contribution in [3.05, 3.63) is 52.3 Å². The van der Waals surface area contributed by atoms with Crippen molar-refractivity contribution >= 4 is 0 Å². The third-order valence-electron chi connectivity index (χ3n) is 4.60. The van der Waals surface area contributed by atoms with E-state index in [1.54, 1.807) is 0 Å². The number of hydrogen-bond donors (Lipinski definition) is 1. The van der Waals surface area contributed by atoms with E-state index in [2.05, 4.69) is 65.8 Å². The van der Waals surface area contributed by atoms with Gasteiger partial charge in [0.15, 0.2) is 0 Å². The molecule has 2 nitrogen and oxygen atoms in total. The van der Waals surface area contributed by atoms with Crippen LogP contribution < -0.4 is 0 Å². The Morgan fingerprint density at radius 2 is 1.46 bits per heavy atom. The van der Waals surface area contributed by atoms with Gasteiger partial charge in [-0.3, -0.25) is 4.98 Å². The third kappa shape index (κ3) is 3.54. The summed E-state index contributed by atoms with van der Waals surface area (Å²) in [7, 11) is 0. The SMILES string of the molecule is CCc1c(C(C)C)nc(C(C)C)c(C(C)O)c1-c1ccc(C)cc1. The van der Waals surface area contributed by atoms with Gasteiger partial charge in [0.25, 0.3) is 0 Å². The van der Waals surface area contributed by atoms with E-state index in [0.29, 0.717) is 5.92 Å². The molecule has 1 heterocycles. The van der Waals surface area contributed by atoms with E-state index in [-0.39, 0.29) is 5.92 Å². The van der Waals surface area contributed by atoms with Crippen LogP contribution in [0.3, 0.4) is 0 Å².